The molecule has 1 aromatic heterocycles. The molecule has 2 nitrogen and oxygen atoms in total. The lowest BCUT2D eigenvalue weighted by Crippen LogP contribution is -1.81. The van der Waals surface area contributed by atoms with Crippen LogP contribution in [0.1, 0.15) is 0 Å². The fourth-order valence-electron chi connectivity index (χ4n) is 1.91. The number of aromatic nitrogens is 1. The molecule has 0 fully saturated rings. The molecule has 3 aromatic rings. The van der Waals surface area contributed by atoms with Gasteiger partial charge in [0.25, 0.3) is 0 Å². The van der Waals surface area contributed by atoms with Gasteiger partial charge in [0, 0.05) is 10.6 Å². The minimum absolute atomic E-state index is 0.225. The lowest BCUT2D eigenvalue weighted by molar-refractivity contribution is 0.475. The molecule has 0 atom stereocenters. The summed E-state index contributed by atoms with van der Waals surface area (Å²) in [6, 6.07) is 14.5. The molecule has 5 heteroatoms. The Morgan fingerprint density at radius 1 is 0.850 bits per heavy atom. The highest BCUT2D eigenvalue weighted by Gasteiger charge is 2.14. The molecule has 20 heavy (non-hydrogen) atoms. The van der Waals surface area contributed by atoms with Crippen LogP contribution in [0.3, 0.4) is 0 Å². The molecule has 2 aromatic carbocycles. The van der Waals surface area contributed by atoms with Crippen LogP contribution in [-0.4, -0.2) is 10.1 Å². The second-order valence-electron chi connectivity index (χ2n) is 4.20. The minimum Gasteiger partial charge on any atom is -0.508 e. The van der Waals surface area contributed by atoms with Gasteiger partial charge >= 0.3 is 0 Å². The molecule has 100 valence electrons. The van der Waals surface area contributed by atoms with Crippen molar-refractivity contribution >= 4 is 34.5 Å². The van der Waals surface area contributed by atoms with E-state index in [0.29, 0.717) is 9.49 Å². The summed E-state index contributed by atoms with van der Waals surface area (Å²) < 4.78 is 0.484. The average molecular weight is 322 g/mol. The van der Waals surface area contributed by atoms with Gasteiger partial charge in [-0.1, -0.05) is 35.3 Å². The van der Waals surface area contributed by atoms with Gasteiger partial charge in [0.05, 0.1) is 10.6 Å². The largest absolute Gasteiger partial charge is 0.508 e. The van der Waals surface area contributed by atoms with Crippen molar-refractivity contribution in [2.24, 2.45) is 0 Å². The second-order valence-corrected chi connectivity index (χ2v) is 6.22. The molecule has 1 heterocycles. The Morgan fingerprint density at radius 2 is 1.45 bits per heavy atom. The normalized spacial score (nSPS) is 10.7. The molecule has 0 spiro atoms. The van der Waals surface area contributed by atoms with E-state index in [0.717, 1.165) is 21.7 Å². The Bertz CT molecular complexity index is 673. The van der Waals surface area contributed by atoms with Gasteiger partial charge in [0.1, 0.15) is 5.75 Å². The van der Waals surface area contributed by atoms with Gasteiger partial charge in [0.15, 0.2) is 4.47 Å². The Balaban J connectivity index is 2.12. The summed E-state index contributed by atoms with van der Waals surface area (Å²) in [5.74, 6) is 0.225. The summed E-state index contributed by atoms with van der Waals surface area (Å²) >= 11 is 13.4. The Labute approximate surface area is 130 Å². The second kappa shape index (κ2) is 5.44. The first-order chi connectivity index (χ1) is 9.63. The van der Waals surface area contributed by atoms with Gasteiger partial charge in [0.2, 0.25) is 0 Å². The predicted molar refractivity (Wildman–Crippen MR) is 84.7 cm³/mol. The van der Waals surface area contributed by atoms with E-state index >= 15 is 0 Å². The maximum absolute atomic E-state index is 9.37. The van der Waals surface area contributed by atoms with E-state index in [1.54, 1.807) is 12.1 Å². The summed E-state index contributed by atoms with van der Waals surface area (Å²) in [4.78, 5) is 5.36. The number of thiazole rings is 1. The lowest BCUT2D eigenvalue weighted by Gasteiger charge is -2.03. The Hall–Kier alpha value is -1.55. The summed E-state index contributed by atoms with van der Waals surface area (Å²) in [5.41, 5.74) is 2.74. The van der Waals surface area contributed by atoms with Crippen molar-refractivity contribution in [2.75, 3.05) is 0 Å². The van der Waals surface area contributed by atoms with Gasteiger partial charge in [-0.25, -0.2) is 4.98 Å². The first-order valence-corrected chi connectivity index (χ1v) is 7.42. The van der Waals surface area contributed by atoms with Crippen molar-refractivity contribution in [3.8, 4) is 27.4 Å². The van der Waals surface area contributed by atoms with Gasteiger partial charge in [-0.05, 0) is 42.0 Å². The molecule has 0 saturated heterocycles. The summed E-state index contributed by atoms with van der Waals surface area (Å²) in [6.07, 6.45) is 0. The topological polar surface area (TPSA) is 33.1 Å². The number of benzene rings is 2. The number of hydrogen-bond acceptors (Lipinski definition) is 3. The molecular weight excluding hydrogens is 313 g/mol. The first kappa shape index (κ1) is 13.4. The molecule has 0 aliphatic heterocycles. The third-order valence-corrected chi connectivity index (χ3v) is 4.31. The van der Waals surface area contributed by atoms with Crippen LogP contribution in [0, 0.1) is 0 Å². The number of halogens is 2. The zero-order valence-electron chi connectivity index (χ0n) is 10.2. The predicted octanol–water partition coefficient (Wildman–Crippen LogP) is 5.49. The molecule has 3 rings (SSSR count). The Kier molecular flexibility index (Phi) is 3.66. The van der Waals surface area contributed by atoms with Crippen molar-refractivity contribution < 1.29 is 5.11 Å². The molecular formula is C15H9Cl2NOS. The van der Waals surface area contributed by atoms with Gasteiger partial charge < -0.3 is 5.11 Å². The van der Waals surface area contributed by atoms with Crippen LogP contribution in [0.4, 0.5) is 0 Å². The van der Waals surface area contributed by atoms with Gasteiger partial charge in [-0.2, -0.15) is 0 Å². The zero-order chi connectivity index (χ0) is 14.1. The Morgan fingerprint density at radius 3 is 2.10 bits per heavy atom. The number of hydrogen-bond donors (Lipinski definition) is 1. The summed E-state index contributed by atoms with van der Waals surface area (Å²) in [7, 11) is 0. The number of nitrogens with zero attached hydrogens (tertiary/aromatic N) is 1. The van der Waals surface area contributed by atoms with Gasteiger partial charge in [-0.3, -0.25) is 0 Å². The maximum Gasteiger partial charge on any atom is 0.184 e. The number of rotatable bonds is 2. The molecule has 0 radical (unpaired) electrons. The smallest absolute Gasteiger partial charge is 0.184 e. The number of phenolic OH excluding ortho intramolecular Hbond substituents is 1. The van der Waals surface area contributed by atoms with Crippen LogP contribution in [0.5, 0.6) is 5.75 Å². The third kappa shape index (κ3) is 2.66. The molecule has 0 aliphatic rings. The van der Waals surface area contributed by atoms with Crippen LogP contribution < -0.4 is 0 Å². The van der Waals surface area contributed by atoms with E-state index in [1.807, 2.05) is 36.4 Å². The fraction of sp³-hybridized carbons (Fsp3) is 0. The van der Waals surface area contributed by atoms with E-state index < -0.39 is 0 Å². The molecule has 1 N–H and O–H groups in total. The number of aromatic hydroxyl groups is 1. The molecule has 0 unspecified atom stereocenters. The zero-order valence-corrected chi connectivity index (χ0v) is 12.5. The quantitative estimate of drug-likeness (QED) is 0.677. The average Bonchev–Trinajstić information content (AvgIpc) is 2.82. The molecule has 0 aliphatic carbocycles. The third-order valence-electron chi connectivity index (χ3n) is 2.85. The van der Waals surface area contributed by atoms with E-state index in [4.69, 9.17) is 23.2 Å². The lowest BCUT2D eigenvalue weighted by atomic mass is 10.1. The minimum atomic E-state index is 0.225. The van der Waals surface area contributed by atoms with E-state index in [2.05, 4.69) is 4.98 Å². The van der Waals surface area contributed by atoms with E-state index in [1.165, 1.54) is 11.3 Å². The van der Waals surface area contributed by atoms with Crippen LogP contribution >= 0.6 is 34.5 Å². The SMILES string of the molecule is Oc1ccc(-c2nc(Cl)sc2-c2ccc(Cl)cc2)cc1. The van der Waals surface area contributed by atoms with Crippen molar-refractivity contribution in [1.29, 1.82) is 0 Å². The molecule has 0 amide bonds. The molecule has 0 bridgehead atoms. The number of phenols is 1. The monoisotopic (exact) mass is 321 g/mol. The van der Waals surface area contributed by atoms with Crippen molar-refractivity contribution in [2.45, 2.75) is 0 Å². The highest BCUT2D eigenvalue weighted by molar-refractivity contribution is 7.19. The highest BCUT2D eigenvalue weighted by Crippen LogP contribution is 2.39. The van der Waals surface area contributed by atoms with Crippen molar-refractivity contribution in [1.82, 2.24) is 4.98 Å². The van der Waals surface area contributed by atoms with Crippen molar-refractivity contribution in [3.63, 3.8) is 0 Å². The fourth-order valence-corrected chi connectivity index (χ4v) is 3.17. The standard InChI is InChI=1S/C15H9Cl2NOS/c16-11-5-1-10(2-6-11)14-13(18-15(17)20-14)9-3-7-12(19)8-4-9/h1-8,19H. The van der Waals surface area contributed by atoms with E-state index in [9.17, 15) is 5.11 Å². The van der Waals surface area contributed by atoms with Crippen LogP contribution in [0.15, 0.2) is 48.5 Å². The first-order valence-electron chi connectivity index (χ1n) is 5.85. The van der Waals surface area contributed by atoms with Crippen molar-refractivity contribution in [3.05, 3.63) is 58.0 Å². The van der Waals surface area contributed by atoms with Crippen LogP contribution in [0.25, 0.3) is 21.7 Å². The van der Waals surface area contributed by atoms with E-state index in [-0.39, 0.29) is 5.75 Å². The maximum atomic E-state index is 9.37. The van der Waals surface area contributed by atoms with Crippen LogP contribution in [0.2, 0.25) is 9.49 Å². The van der Waals surface area contributed by atoms with Gasteiger partial charge in [-0.15, -0.1) is 11.3 Å². The summed E-state index contributed by atoms with van der Waals surface area (Å²) in [6.45, 7) is 0. The van der Waals surface area contributed by atoms with Crippen LogP contribution in [-0.2, 0) is 0 Å². The summed E-state index contributed by atoms with van der Waals surface area (Å²) in [5, 5.41) is 10.1. The molecule has 0 saturated carbocycles. The highest BCUT2D eigenvalue weighted by atomic mass is 35.5.